The fourth-order valence-electron chi connectivity index (χ4n) is 3.23. The van der Waals surface area contributed by atoms with Crippen molar-refractivity contribution in [2.45, 2.75) is 0 Å². The third-order valence-electron chi connectivity index (χ3n) is 4.53. The summed E-state index contributed by atoms with van der Waals surface area (Å²) in [6.07, 6.45) is 7.27. The number of quaternary nitrogens is 1. The fourth-order valence-corrected chi connectivity index (χ4v) is 3.23. The Morgan fingerprint density at radius 2 is 1.96 bits per heavy atom. The number of anilines is 1. The van der Waals surface area contributed by atoms with Crippen LogP contribution in [-0.2, 0) is 7.05 Å². The van der Waals surface area contributed by atoms with E-state index >= 15 is 0 Å². The van der Waals surface area contributed by atoms with Gasteiger partial charge in [-0.25, -0.2) is 0 Å². The molecule has 1 unspecified atom stereocenters. The molecule has 0 amide bonds. The minimum absolute atomic E-state index is 0.182. The van der Waals surface area contributed by atoms with Crippen molar-refractivity contribution in [3.05, 3.63) is 67.1 Å². The van der Waals surface area contributed by atoms with Gasteiger partial charge in [-0.15, -0.1) is 0 Å². The lowest BCUT2D eigenvalue weighted by atomic mass is 10.2. The van der Waals surface area contributed by atoms with Gasteiger partial charge in [-0.2, -0.15) is 10.1 Å². The third-order valence-corrected chi connectivity index (χ3v) is 4.53. The van der Waals surface area contributed by atoms with Crippen molar-refractivity contribution >= 4 is 40.3 Å². The summed E-state index contributed by atoms with van der Waals surface area (Å²) in [6, 6.07) is 16.1. The van der Waals surface area contributed by atoms with Crippen LogP contribution in [0.15, 0.2) is 82.2 Å². The van der Waals surface area contributed by atoms with Crippen LogP contribution in [0.3, 0.4) is 0 Å². The molecule has 0 aliphatic carbocycles. The summed E-state index contributed by atoms with van der Waals surface area (Å²) in [6.45, 7) is 0. The van der Waals surface area contributed by atoms with Crippen LogP contribution in [0.25, 0.3) is 10.9 Å². The number of nitrogens with zero attached hydrogens (tertiary/aromatic N) is 6. The Bertz CT molecular complexity index is 1120. The highest BCUT2D eigenvalue weighted by Gasteiger charge is 2.42. The highest BCUT2D eigenvalue weighted by Crippen LogP contribution is 2.30. The maximum Gasteiger partial charge on any atom is 0.287 e. The van der Waals surface area contributed by atoms with Gasteiger partial charge in [-0.05, 0) is 23.3 Å². The Kier molecular flexibility index (Phi) is 3.10. The molecule has 1 N–H and O–H groups in total. The molecule has 0 saturated heterocycles. The normalized spacial score (nSPS) is 20.8. The lowest BCUT2D eigenvalue weighted by molar-refractivity contribution is 0.592. The maximum atomic E-state index is 4.83. The molecule has 3 heterocycles. The van der Waals surface area contributed by atoms with E-state index in [1.54, 1.807) is 12.4 Å². The van der Waals surface area contributed by atoms with E-state index in [1.165, 1.54) is 0 Å². The molecule has 126 valence electrons. The van der Waals surface area contributed by atoms with Gasteiger partial charge in [0.2, 0.25) is 0 Å². The minimum atomic E-state index is 0.182. The second kappa shape index (κ2) is 5.47. The van der Waals surface area contributed by atoms with Crippen LogP contribution in [0, 0.1) is 0 Å². The number of fused-ring (bicyclic) bond motifs is 2. The van der Waals surface area contributed by atoms with Crippen LogP contribution in [0.2, 0.25) is 0 Å². The summed E-state index contributed by atoms with van der Waals surface area (Å²) < 4.78 is 2.03. The number of aliphatic imine (C=N–C) groups is 2. The van der Waals surface area contributed by atoms with Crippen LogP contribution in [-0.4, -0.2) is 27.8 Å². The fraction of sp³-hybridized carbons (Fsp3) is 0.0526. The molecule has 2 aliphatic rings. The van der Waals surface area contributed by atoms with Crippen LogP contribution in [0.1, 0.15) is 0 Å². The average Bonchev–Trinajstić information content (AvgIpc) is 3.23. The number of hydrogen-bond acceptors (Lipinski definition) is 5. The van der Waals surface area contributed by atoms with E-state index in [0.29, 0.717) is 5.96 Å². The smallest absolute Gasteiger partial charge is 0.287 e. The van der Waals surface area contributed by atoms with Gasteiger partial charge in [0.05, 0.1) is 17.9 Å². The summed E-state index contributed by atoms with van der Waals surface area (Å²) in [5.41, 5.74) is 3.00. The first kappa shape index (κ1) is 14.7. The van der Waals surface area contributed by atoms with Crippen LogP contribution in [0.4, 0.5) is 11.4 Å². The van der Waals surface area contributed by atoms with Gasteiger partial charge in [-0.1, -0.05) is 22.8 Å². The Balaban J connectivity index is 1.54. The molecule has 0 spiro atoms. The van der Waals surface area contributed by atoms with Gasteiger partial charge in [0.25, 0.3) is 11.8 Å². The van der Waals surface area contributed by atoms with E-state index in [9.17, 15) is 0 Å². The van der Waals surface area contributed by atoms with E-state index < -0.39 is 0 Å². The Labute approximate surface area is 149 Å². The number of benzene rings is 2. The molecular weight excluding hydrogens is 326 g/mol. The largest absolute Gasteiger partial charge is 0.320 e. The second-order valence-electron chi connectivity index (χ2n) is 6.16. The van der Waals surface area contributed by atoms with E-state index in [2.05, 4.69) is 20.4 Å². The zero-order chi connectivity index (χ0) is 17.6. The Hall–Kier alpha value is -3.58. The number of rotatable bonds is 2. The summed E-state index contributed by atoms with van der Waals surface area (Å²) >= 11 is 0. The lowest BCUT2D eigenvalue weighted by Crippen LogP contribution is -2.44. The molecule has 7 nitrogen and oxygen atoms in total. The van der Waals surface area contributed by atoms with Crippen molar-refractivity contribution in [3.63, 3.8) is 0 Å². The standard InChI is InChI=1S/C19H16N7/c1-25-17-8-7-15(11-14(17)12-21-25)22-19-23-18-13-20-9-10-26(18,24-19)16-5-3-2-4-6-16/h2-13H,1H3,(H,22,24)/q+1. The zero-order valence-corrected chi connectivity index (χ0v) is 14.1. The molecule has 1 aromatic heterocycles. The summed E-state index contributed by atoms with van der Waals surface area (Å²) in [7, 11) is 1.93. The van der Waals surface area contributed by atoms with Crippen molar-refractivity contribution in [3.8, 4) is 0 Å². The molecule has 2 aromatic carbocycles. The topological polar surface area (TPSA) is 66.9 Å². The number of nitrogens with one attached hydrogen (secondary N) is 1. The van der Waals surface area contributed by atoms with Crippen LogP contribution >= 0.6 is 0 Å². The van der Waals surface area contributed by atoms with Crippen molar-refractivity contribution < 1.29 is 0 Å². The first-order chi connectivity index (χ1) is 12.7. The molecule has 2 aliphatic heterocycles. The second-order valence-corrected chi connectivity index (χ2v) is 6.16. The summed E-state index contributed by atoms with van der Waals surface area (Å²) in [4.78, 5) is 8.86. The molecule has 7 heteroatoms. The summed E-state index contributed by atoms with van der Waals surface area (Å²) in [5.74, 6) is 1.30. The number of aryl methyl sites for hydroxylation is 1. The molecule has 1 atom stereocenters. The van der Waals surface area contributed by atoms with Gasteiger partial charge in [0.15, 0.2) is 11.9 Å². The molecule has 0 fully saturated rings. The Morgan fingerprint density at radius 3 is 2.85 bits per heavy atom. The molecule has 3 aromatic rings. The predicted molar refractivity (Wildman–Crippen MR) is 105 cm³/mol. The SMILES string of the molecule is Cn1ncc2cc(NC3=N[N+]4(c5ccccc5)C=CN=CC4=N3)ccc21. The number of hydrogen-bond donors (Lipinski definition) is 1. The molecule has 0 radical (unpaired) electrons. The van der Waals surface area contributed by atoms with Crippen molar-refractivity contribution in [2.24, 2.45) is 22.1 Å². The minimum Gasteiger partial charge on any atom is -0.320 e. The van der Waals surface area contributed by atoms with Gasteiger partial charge in [0.1, 0.15) is 6.21 Å². The quantitative estimate of drug-likeness (QED) is 0.727. The predicted octanol–water partition coefficient (Wildman–Crippen LogP) is 3.23. The monoisotopic (exact) mass is 342 g/mol. The first-order valence-electron chi connectivity index (χ1n) is 8.28. The molecule has 0 saturated carbocycles. The van der Waals surface area contributed by atoms with E-state index in [0.717, 1.165) is 28.1 Å². The number of guanidine groups is 1. The van der Waals surface area contributed by atoms with Gasteiger partial charge >= 0.3 is 0 Å². The first-order valence-corrected chi connectivity index (χ1v) is 8.28. The highest BCUT2D eigenvalue weighted by atomic mass is 15.7. The third kappa shape index (κ3) is 2.18. The number of para-hydroxylation sites is 1. The zero-order valence-electron chi connectivity index (χ0n) is 14.1. The molecule has 5 rings (SSSR count). The number of aromatic nitrogens is 2. The summed E-state index contributed by atoms with van der Waals surface area (Å²) in [5, 5.41) is 13.5. The number of amidine groups is 1. The van der Waals surface area contributed by atoms with Crippen LogP contribution < -0.4 is 9.91 Å². The van der Waals surface area contributed by atoms with Crippen molar-refractivity contribution in [1.29, 1.82) is 0 Å². The van der Waals surface area contributed by atoms with E-state index in [1.807, 2.05) is 72.7 Å². The van der Waals surface area contributed by atoms with Gasteiger partial charge in [-0.3, -0.25) is 9.67 Å². The Morgan fingerprint density at radius 1 is 1.08 bits per heavy atom. The van der Waals surface area contributed by atoms with E-state index in [4.69, 9.17) is 5.10 Å². The maximum absolute atomic E-state index is 4.83. The van der Waals surface area contributed by atoms with Crippen molar-refractivity contribution in [2.75, 3.05) is 5.32 Å². The van der Waals surface area contributed by atoms with E-state index in [-0.39, 0.29) is 4.59 Å². The lowest BCUT2D eigenvalue weighted by Gasteiger charge is -2.23. The molecular formula is C19H16N7+. The average molecular weight is 342 g/mol. The highest BCUT2D eigenvalue weighted by molar-refractivity contribution is 6.38. The van der Waals surface area contributed by atoms with Gasteiger partial charge in [0, 0.05) is 30.3 Å². The van der Waals surface area contributed by atoms with Gasteiger partial charge < -0.3 is 5.32 Å². The molecule has 26 heavy (non-hydrogen) atoms. The van der Waals surface area contributed by atoms with Crippen molar-refractivity contribution in [1.82, 2.24) is 14.4 Å². The van der Waals surface area contributed by atoms with Crippen LogP contribution in [0.5, 0.6) is 0 Å². The molecule has 0 bridgehead atoms.